The van der Waals surface area contributed by atoms with Crippen molar-refractivity contribution in [3.63, 3.8) is 0 Å². The Balaban J connectivity index is 2.89. The molecule has 0 amide bonds. The van der Waals surface area contributed by atoms with Crippen molar-refractivity contribution < 1.29 is 58.6 Å². The van der Waals surface area contributed by atoms with Gasteiger partial charge >= 0.3 is 24.6 Å². The molecule has 12 heteroatoms. The molecule has 0 spiro atoms. The van der Waals surface area contributed by atoms with E-state index in [1.807, 2.05) is 0 Å². The van der Waals surface area contributed by atoms with Gasteiger partial charge in [-0.2, -0.15) is 0 Å². The summed E-state index contributed by atoms with van der Waals surface area (Å²) in [5.74, 6) is 0. The molecule has 0 saturated heterocycles. The van der Waals surface area contributed by atoms with E-state index in [0.29, 0.717) is 0 Å². The molecule has 12 nitrogen and oxygen atoms in total. The number of carbonyl (C=O) groups is 4. The molecule has 1 rings (SSSR count). The van der Waals surface area contributed by atoms with Gasteiger partial charge in [0.25, 0.3) is 0 Å². The Labute approximate surface area is 109 Å². The van der Waals surface area contributed by atoms with Gasteiger partial charge in [0.05, 0.1) is 0 Å². The fraction of sp³-hybridized carbons (Fsp3) is 0.500. The SMILES string of the molecule is O=C(O)O[C@H]1[C@H](OC(=O)O)[C@H](OC(=O)O)[C@H]1OC(=O)O. The lowest BCUT2D eigenvalue weighted by atomic mass is 9.84. The fourth-order valence-corrected chi connectivity index (χ4v) is 1.60. The largest absolute Gasteiger partial charge is 0.506 e. The zero-order valence-corrected chi connectivity index (χ0v) is 9.36. The predicted molar refractivity (Wildman–Crippen MR) is 51.6 cm³/mol. The Morgan fingerprint density at radius 1 is 0.500 bits per heavy atom. The molecule has 0 aromatic rings. The van der Waals surface area contributed by atoms with E-state index in [4.69, 9.17) is 20.4 Å². The topological polar surface area (TPSA) is 186 Å². The van der Waals surface area contributed by atoms with Gasteiger partial charge < -0.3 is 39.4 Å². The highest BCUT2D eigenvalue weighted by Crippen LogP contribution is 2.33. The Morgan fingerprint density at radius 3 is 0.750 bits per heavy atom. The van der Waals surface area contributed by atoms with Crippen LogP contribution in [0.2, 0.25) is 0 Å². The first-order valence-corrected chi connectivity index (χ1v) is 4.80. The standard InChI is InChI=1S/C8H8O12/c9-5(10)17-1-2(18-6(11)12)4(20-8(15)16)3(1)19-7(13)14/h1-4H,(H,9,10)(H,11,12)(H,13,14)(H,15,16)/t1-,2-,3-,4-. The van der Waals surface area contributed by atoms with E-state index in [1.165, 1.54) is 0 Å². The van der Waals surface area contributed by atoms with Gasteiger partial charge in [-0.3, -0.25) is 0 Å². The molecule has 0 aromatic carbocycles. The summed E-state index contributed by atoms with van der Waals surface area (Å²) in [5.41, 5.74) is 0. The lowest BCUT2D eigenvalue weighted by Gasteiger charge is -2.45. The Kier molecular flexibility index (Phi) is 4.40. The molecule has 1 fully saturated rings. The van der Waals surface area contributed by atoms with Crippen LogP contribution in [-0.4, -0.2) is 69.5 Å². The zero-order valence-electron chi connectivity index (χ0n) is 9.36. The van der Waals surface area contributed by atoms with Crippen LogP contribution in [0.25, 0.3) is 0 Å². The van der Waals surface area contributed by atoms with Crippen LogP contribution in [0, 0.1) is 0 Å². The Hall–Kier alpha value is -2.92. The molecule has 1 saturated carbocycles. The van der Waals surface area contributed by atoms with Gasteiger partial charge in [0.15, 0.2) is 24.4 Å². The number of carboxylic acid groups (broad SMARTS) is 4. The van der Waals surface area contributed by atoms with Crippen LogP contribution < -0.4 is 0 Å². The van der Waals surface area contributed by atoms with Crippen LogP contribution in [0.4, 0.5) is 19.2 Å². The second-order valence-electron chi connectivity index (χ2n) is 3.39. The van der Waals surface area contributed by atoms with Crippen LogP contribution in [0.5, 0.6) is 0 Å². The number of hydrogen-bond acceptors (Lipinski definition) is 8. The molecule has 112 valence electrons. The molecule has 20 heavy (non-hydrogen) atoms. The van der Waals surface area contributed by atoms with Gasteiger partial charge in [0, 0.05) is 0 Å². The van der Waals surface area contributed by atoms with E-state index in [-0.39, 0.29) is 0 Å². The average molecular weight is 296 g/mol. The monoisotopic (exact) mass is 296 g/mol. The van der Waals surface area contributed by atoms with Crippen molar-refractivity contribution in [2.24, 2.45) is 0 Å². The summed E-state index contributed by atoms with van der Waals surface area (Å²) in [4.78, 5) is 41.6. The third-order valence-electron chi connectivity index (χ3n) is 2.24. The first-order chi connectivity index (χ1) is 9.22. The van der Waals surface area contributed by atoms with Gasteiger partial charge in [0.2, 0.25) is 0 Å². The Bertz CT molecular complexity index is 341. The lowest BCUT2D eigenvalue weighted by molar-refractivity contribution is -0.234. The summed E-state index contributed by atoms with van der Waals surface area (Å²) >= 11 is 0. The summed E-state index contributed by atoms with van der Waals surface area (Å²) in [6.07, 6.45) is -14.1. The first kappa shape index (κ1) is 15.1. The van der Waals surface area contributed by atoms with Crippen LogP contribution >= 0.6 is 0 Å². The van der Waals surface area contributed by atoms with Crippen molar-refractivity contribution in [1.82, 2.24) is 0 Å². The second-order valence-corrected chi connectivity index (χ2v) is 3.39. The summed E-state index contributed by atoms with van der Waals surface area (Å²) in [6.45, 7) is 0. The minimum atomic E-state index is -1.86. The molecular weight excluding hydrogens is 288 g/mol. The third-order valence-corrected chi connectivity index (χ3v) is 2.24. The van der Waals surface area contributed by atoms with E-state index >= 15 is 0 Å². The van der Waals surface area contributed by atoms with Crippen molar-refractivity contribution in [2.45, 2.75) is 24.4 Å². The minimum Gasteiger partial charge on any atom is -0.450 e. The van der Waals surface area contributed by atoms with Crippen molar-refractivity contribution in [3.05, 3.63) is 0 Å². The first-order valence-electron chi connectivity index (χ1n) is 4.80. The quantitative estimate of drug-likeness (QED) is 0.409. The zero-order chi connectivity index (χ0) is 15.4. The highest BCUT2D eigenvalue weighted by molar-refractivity contribution is 5.62. The van der Waals surface area contributed by atoms with E-state index in [0.717, 1.165) is 0 Å². The molecule has 4 N–H and O–H groups in total. The van der Waals surface area contributed by atoms with Gasteiger partial charge in [-0.1, -0.05) is 0 Å². The van der Waals surface area contributed by atoms with Gasteiger partial charge in [-0.15, -0.1) is 0 Å². The normalized spacial score (nSPS) is 27.6. The predicted octanol–water partition coefficient (Wildman–Crippen LogP) is 0.253. The maximum atomic E-state index is 10.4. The van der Waals surface area contributed by atoms with Crippen molar-refractivity contribution in [3.8, 4) is 0 Å². The summed E-state index contributed by atoms with van der Waals surface area (Å²) in [6, 6.07) is 0. The number of rotatable bonds is 4. The maximum absolute atomic E-state index is 10.4. The average Bonchev–Trinajstić information content (AvgIpc) is 2.28. The molecule has 0 heterocycles. The number of ether oxygens (including phenoxy) is 4. The molecule has 0 atom stereocenters. The number of hydrogen-bond donors (Lipinski definition) is 4. The molecule has 0 unspecified atom stereocenters. The van der Waals surface area contributed by atoms with Crippen LogP contribution in [0.1, 0.15) is 0 Å². The molecule has 0 aromatic heterocycles. The molecular formula is C8H8O12. The van der Waals surface area contributed by atoms with Crippen molar-refractivity contribution >= 4 is 24.6 Å². The van der Waals surface area contributed by atoms with E-state index in [1.54, 1.807) is 0 Å². The molecule has 1 aliphatic rings. The molecule has 0 aliphatic heterocycles. The summed E-state index contributed by atoms with van der Waals surface area (Å²) in [5, 5.41) is 33.7. The molecule has 1 aliphatic carbocycles. The third kappa shape index (κ3) is 3.54. The second kappa shape index (κ2) is 5.81. The highest BCUT2D eigenvalue weighted by atomic mass is 16.8. The van der Waals surface area contributed by atoms with E-state index in [9.17, 15) is 19.2 Å². The Morgan fingerprint density at radius 2 is 0.650 bits per heavy atom. The summed E-state index contributed by atoms with van der Waals surface area (Å²) in [7, 11) is 0. The fourth-order valence-electron chi connectivity index (χ4n) is 1.60. The van der Waals surface area contributed by atoms with Crippen molar-refractivity contribution in [2.75, 3.05) is 0 Å². The van der Waals surface area contributed by atoms with Crippen LogP contribution in [0.15, 0.2) is 0 Å². The summed E-state index contributed by atoms with van der Waals surface area (Å²) < 4.78 is 16.8. The van der Waals surface area contributed by atoms with Crippen LogP contribution in [0.3, 0.4) is 0 Å². The van der Waals surface area contributed by atoms with Gasteiger partial charge in [0.1, 0.15) is 0 Å². The van der Waals surface area contributed by atoms with Crippen LogP contribution in [-0.2, 0) is 18.9 Å². The van der Waals surface area contributed by atoms with Gasteiger partial charge in [-0.05, 0) is 0 Å². The maximum Gasteiger partial charge on any atom is 0.506 e. The van der Waals surface area contributed by atoms with E-state index in [2.05, 4.69) is 18.9 Å². The molecule has 0 radical (unpaired) electrons. The van der Waals surface area contributed by atoms with Crippen molar-refractivity contribution in [1.29, 1.82) is 0 Å². The van der Waals surface area contributed by atoms with Gasteiger partial charge in [-0.25, -0.2) is 19.2 Å². The lowest BCUT2D eigenvalue weighted by Crippen LogP contribution is -2.69. The van der Waals surface area contributed by atoms with E-state index < -0.39 is 49.0 Å². The highest BCUT2D eigenvalue weighted by Gasteiger charge is 2.61. The minimum absolute atomic E-state index is 1.68. The molecule has 0 bridgehead atoms. The smallest absolute Gasteiger partial charge is 0.450 e.